The van der Waals surface area contributed by atoms with Crippen LogP contribution in [0.25, 0.3) is 0 Å². The molecule has 3 nitrogen and oxygen atoms in total. The molecule has 0 amide bonds. The van der Waals surface area contributed by atoms with Gasteiger partial charge in [-0.05, 0) is 32.0 Å². The maximum atomic E-state index is 13.3. The highest BCUT2D eigenvalue weighted by molar-refractivity contribution is 7.99. The first-order valence-corrected chi connectivity index (χ1v) is 6.39. The van der Waals surface area contributed by atoms with E-state index in [1.165, 1.54) is 6.92 Å². The zero-order chi connectivity index (χ0) is 13.8. The van der Waals surface area contributed by atoms with Crippen LogP contribution in [0, 0.1) is 11.6 Å². The summed E-state index contributed by atoms with van der Waals surface area (Å²) in [5.41, 5.74) is 4.53. The second kappa shape index (κ2) is 6.15. The minimum absolute atomic E-state index is 0.103. The Morgan fingerprint density at radius 2 is 2.17 bits per heavy atom. The van der Waals surface area contributed by atoms with E-state index in [4.69, 9.17) is 10.5 Å². The molecule has 2 N–H and O–H groups in total. The number of hydrogen-bond acceptors (Lipinski definition) is 4. The fourth-order valence-electron chi connectivity index (χ4n) is 1.17. The Bertz CT molecular complexity index is 438. The number of rotatable bonds is 5. The summed E-state index contributed by atoms with van der Waals surface area (Å²) >= 11 is 0.982. The quantitative estimate of drug-likeness (QED) is 0.662. The second-order valence-electron chi connectivity index (χ2n) is 4.00. The largest absolute Gasteiger partial charge is 0.465 e. The van der Waals surface area contributed by atoms with Gasteiger partial charge in [-0.3, -0.25) is 4.79 Å². The van der Waals surface area contributed by atoms with Gasteiger partial charge >= 0.3 is 5.97 Å². The maximum Gasteiger partial charge on any atom is 0.326 e. The van der Waals surface area contributed by atoms with E-state index in [9.17, 15) is 13.6 Å². The number of carbonyl (C=O) groups is 1. The van der Waals surface area contributed by atoms with Crippen LogP contribution in [0.3, 0.4) is 0 Å². The molecule has 1 rings (SSSR count). The van der Waals surface area contributed by atoms with Crippen molar-refractivity contribution in [3.05, 3.63) is 29.8 Å². The van der Waals surface area contributed by atoms with Gasteiger partial charge in [0.2, 0.25) is 0 Å². The number of carbonyl (C=O) groups excluding carboxylic acids is 1. The average Bonchev–Trinajstić information content (AvgIpc) is 2.31. The Labute approximate surface area is 109 Å². The fraction of sp³-hybridized carbons (Fsp3) is 0.417. The molecule has 0 radical (unpaired) electrons. The highest BCUT2D eigenvalue weighted by Crippen LogP contribution is 2.25. The Morgan fingerprint density at radius 1 is 1.50 bits per heavy atom. The molecule has 0 heterocycles. The molecule has 0 aliphatic heterocycles. The lowest BCUT2D eigenvalue weighted by Gasteiger charge is -2.21. The summed E-state index contributed by atoms with van der Waals surface area (Å²) in [5.74, 6) is -1.53. The molecule has 1 aromatic rings. The summed E-state index contributed by atoms with van der Waals surface area (Å²) in [4.78, 5) is 11.6. The van der Waals surface area contributed by atoms with E-state index in [1.807, 2.05) is 0 Å². The predicted molar refractivity (Wildman–Crippen MR) is 66.3 cm³/mol. The summed E-state index contributed by atoms with van der Waals surface area (Å²) in [6.45, 7) is 3.40. The summed E-state index contributed by atoms with van der Waals surface area (Å²) in [6, 6.07) is 3.14. The standard InChI is InChI=1S/C12H15F2NO2S/c1-3-17-11(16)12(2,15)7-18-10-6-8(13)4-5-9(10)14/h4-6H,3,7,15H2,1-2H3. The maximum absolute atomic E-state index is 13.3. The molecule has 1 unspecified atom stereocenters. The molecular weight excluding hydrogens is 260 g/mol. The van der Waals surface area contributed by atoms with Crippen molar-refractivity contribution in [2.24, 2.45) is 5.73 Å². The number of nitrogens with two attached hydrogens (primary N) is 1. The second-order valence-corrected chi connectivity index (χ2v) is 5.02. The topological polar surface area (TPSA) is 52.3 Å². The molecule has 100 valence electrons. The van der Waals surface area contributed by atoms with Crippen molar-refractivity contribution < 1.29 is 18.3 Å². The normalized spacial score (nSPS) is 14.1. The van der Waals surface area contributed by atoms with Crippen LogP contribution in [0.2, 0.25) is 0 Å². The third-order valence-electron chi connectivity index (χ3n) is 2.16. The SMILES string of the molecule is CCOC(=O)C(C)(N)CSc1cc(F)ccc1F. The van der Waals surface area contributed by atoms with E-state index in [1.54, 1.807) is 6.92 Å². The Morgan fingerprint density at radius 3 is 2.78 bits per heavy atom. The molecule has 0 aliphatic carbocycles. The minimum atomic E-state index is -1.24. The van der Waals surface area contributed by atoms with Gasteiger partial charge in [0, 0.05) is 10.6 Å². The Kier molecular flexibility index (Phi) is 5.10. The van der Waals surface area contributed by atoms with Gasteiger partial charge in [-0.25, -0.2) is 8.78 Å². The highest BCUT2D eigenvalue weighted by Gasteiger charge is 2.30. The van der Waals surface area contributed by atoms with Crippen LogP contribution < -0.4 is 5.73 Å². The van der Waals surface area contributed by atoms with Crippen LogP contribution in [0.15, 0.2) is 23.1 Å². The van der Waals surface area contributed by atoms with Crippen molar-refractivity contribution >= 4 is 17.7 Å². The minimum Gasteiger partial charge on any atom is -0.465 e. The monoisotopic (exact) mass is 275 g/mol. The van der Waals surface area contributed by atoms with Gasteiger partial charge in [-0.15, -0.1) is 11.8 Å². The smallest absolute Gasteiger partial charge is 0.326 e. The summed E-state index contributed by atoms with van der Waals surface area (Å²) < 4.78 is 31.1. The molecule has 0 aromatic heterocycles. The Balaban J connectivity index is 2.69. The first-order chi connectivity index (χ1) is 8.36. The van der Waals surface area contributed by atoms with E-state index in [-0.39, 0.29) is 17.3 Å². The molecule has 0 spiro atoms. The lowest BCUT2D eigenvalue weighted by atomic mass is 10.1. The van der Waals surface area contributed by atoms with Gasteiger partial charge < -0.3 is 10.5 Å². The van der Waals surface area contributed by atoms with Gasteiger partial charge in [0.15, 0.2) is 0 Å². The first kappa shape index (κ1) is 14.9. The average molecular weight is 275 g/mol. The summed E-state index contributed by atoms with van der Waals surface area (Å²) in [7, 11) is 0. The van der Waals surface area contributed by atoms with E-state index in [0.717, 1.165) is 30.0 Å². The molecule has 0 saturated heterocycles. The van der Waals surface area contributed by atoms with Crippen molar-refractivity contribution in [1.29, 1.82) is 0 Å². The van der Waals surface area contributed by atoms with Crippen LogP contribution >= 0.6 is 11.8 Å². The van der Waals surface area contributed by atoms with E-state index < -0.39 is 23.1 Å². The number of hydrogen-bond donors (Lipinski definition) is 1. The van der Waals surface area contributed by atoms with Crippen LogP contribution in [-0.4, -0.2) is 23.9 Å². The lowest BCUT2D eigenvalue weighted by molar-refractivity contribution is -0.148. The first-order valence-electron chi connectivity index (χ1n) is 5.41. The number of halogens is 2. The third kappa shape index (κ3) is 3.96. The molecule has 0 fully saturated rings. The van der Waals surface area contributed by atoms with Crippen molar-refractivity contribution in [1.82, 2.24) is 0 Å². The van der Waals surface area contributed by atoms with Gasteiger partial charge in [0.1, 0.15) is 17.2 Å². The predicted octanol–water partition coefficient (Wildman–Crippen LogP) is 2.34. The highest BCUT2D eigenvalue weighted by atomic mass is 32.2. The molecule has 0 saturated carbocycles. The van der Waals surface area contributed by atoms with Crippen LogP contribution in [0.5, 0.6) is 0 Å². The molecule has 6 heteroatoms. The van der Waals surface area contributed by atoms with Crippen LogP contribution in [0.4, 0.5) is 8.78 Å². The molecule has 18 heavy (non-hydrogen) atoms. The van der Waals surface area contributed by atoms with Crippen LogP contribution in [-0.2, 0) is 9.53 Å². The number of thioether (sulfide) groups is 1. The zero-order valence-corrected chi connectivity index (χ0v) is 11.0. The van der Waals surface area contributed by atoms with Crippen LogP contribution in [0.1, 0.15) is 13.8 Å². The summed E-state index contributed by atoms with van der Waals surface area (Å²) in [5, 5.41) is 0. The van der Waals surface area contributed by atoms with Crippen molar-refractivity contribution in [2.75, 3.05) is 12.4 Å². The molecule has 1 atom stereocenters. The number of benzene rings is 1. The van der Waals surface area contributed by atoms with E-state index >= 15 is 0 Å². The summed E-state index contributed by atoms with van der Waals surface area (Å²) in [6.07, 6.45) is 0. The van der Waals surface area contributed by atoms with Gasteiger partial charge in [0.05, 0.1) is 6.61 Å². The fourth-order valence-corrected chi connectivity index (χ4v) is 2.15. The molecule has 0 aliphatic rings. The number of esters is 1. The van der Waals surface area contributed by atoms with E-state index in [2.05, 4.69) is 0 Å². The van der Waals surface area contributed by atoms with Gasteiger partial charge in [0.25, 0.3) is 0 Å². The lowest BCUT2D eigenvalue weighted by Crippen LogP contribution is -2.48. The molecular formula is C12H15F2NO2S. The molecule has 1 aromatic carbocycles. The molecule has 0 bridgehead atoms. The number of ether oxygens (including phenoxy) is 1. The Hall–Kier alpha value is -1.14. The van der Waals surface area contributed by atoms with Crippen molar-refractivity contribution in [3.8, 4) is 0 Å². The third-order valence-corrected chi connectivity index (χ3v) is 3.53. The van der Waals surface area contributed by atoms with Gasteiger partial charge in [-0.1, -0.05) is 0 Å². The zero-order valence-electron chi connectivity index (χ0n) is 10.2. The van der Waals surface area contributed by atoms with Crippen molar-refractivity contribution in [3.63, 3.8) is 0 Å². The van der Waals surface area contributed by atoms with E-state index in [0.29, 0.717) is 0 Å². The van der Waals surface area contributed by atoms with Crippen molar-refractivity contribution in [2.45, 2.75) is 24.3 Å². The van der Waals surface area contributed by atoms with Gasteiger partial charge in [-0.2, -0.15) is 0 Å².